The summed E-state index contributed by atoms with van der Waals surface area (Å²) in [6.07, 6.45) is 2.82. The second kappa shape index (κ2) is 8.58. The molecule has 1 N–H and O–H groups in total. The van der Waals surface area contributed by atoms with E-state index >= 15 is 0 Å². The standard InChI is InChI=1S/C21H23N3O3S3/c1-14-6-7-15(2)16(12-14)17-13-28-21(22-17)23-20(25)18-8-9-19(29-18)30(26,27)24-10-4-3-5-11-24/h6-9,12-13H,3-5,10-11H2,1-2H3,(H,22,23,25). The van der Waals surface area contributed by atoms with Crippen LogP contribution in [0.3, 0.4) is 0 Å². The van der Waals surface area contributed by atoms with E-state index in [0.29, 0.717) is 23.1 Å². The van der Waals surface area contributed by atoms with Gasteiger partial charge in [0.05, 0.1) is 10.6 Å². The number of hydrogen-bond donors (Lipinski definition) is 1. The molecule has 1 amide bonds. The van der Waals surface area contributed by atoms with E-state index < -0.39 is 10.0 Å². The Bertz CT molecular complexity index is 1180. The normalized spacial score (nSPS) is 15.3. The van der Waals surface area contributed by atoms with Gasteiger partial charge in [-0.1, -0.05) is 24.1 Å². The van der Waals surface area contributed by atoms with E-state index in [-0.39, 0.29) is 10.1 Å². The Kier molecular flexibility index (Phi) is 6.06. The van der Waals surface area contributed by atoms with E-state index in [0.717, 1.165) is 53.0 Å². The second-order valence-corrected chi connectivity index (χ2v) is 11.5. The Morgan fingerprint density at radius 2 is 1.87 bits per heavy atom. The van der Waals surface area contributed by atoms with E-state index in [2.05, 4.69) is 28.5 Å². The van der Waals surface area contributed by atoms with Gasteiger partial charge in [-0.05, 0) is 50.5 Å². The number of rotatable bonds is 5. The Morgan fingerprint density at radius 3 is 2.63 bits per heavy atom. The molecule has 3 heterocycles. The molecule has 4 rings (SSSR count). The zero-order chi connectivity index (χ0) is 21.3. The van der Waals surface area contributed by atoms with Crippen LogP contribution in [-0.4, -0.2) is 36.7 Å². The molecule has 1 aliphatic heterocycles. The maximum Gasteiger partial charge on any atom is 0.267 e. The quantitative estimate of drug-likeness (QED) is 0.585. The summed E-state index contributed by atoms with van der Waals surface area (Å²) in [5.41, 5.74) is 4.12. The van der Waals surface area contributed by atoms with Crippen molar-refractivity contribution >= 4 is 43.7 Å². The van der Waals surface area contributed by atoms with Crippen molar-refractivity contribution in [1.82, 2.24) is 9.29 Å². The monoisotopic (exact) mass is 461 g/mol. The Balaban J connectivity index is 1.49. The lowest BCUT2D eigenvalue weighted by Gasteiger charge is -2.25. The smallest absolute Gasteiger partial charge is 0.267 e. The number of thiophene rings is 1. The number of aryl methyl sites for hydroxylation is 2. The van der Waals surface area contributed by atoms with Crippen LogP contribution in [0.25, 0.3) is 11.3 Å². The fourth-order valence-corrected chi connectivity index (χ4v) is 7.02. The third-order valence-electron chi connectivity index (χ3n) is 5.11. The van der Waals surface area contributed by atoms with Gasteiger partial charge >= 0.3 is 0 Å². The highest BCUT2D eigenvalue weighted by Crippen LogP contribution is 2.30. The number of aromatic nitrogens is 1. The van der Waals surface area contributed by atoms with Crippen LogP contribution in [0.5, 0.6) is 0 Å². The lowest BCUT2D eigenvalue weighted by Crippen LogP contribution is -2.35. The number of hydrogen-bond acceptors (Lipinski definition) is 6. The van der Waals surface area contributed by atoms with E-state index in [1.54, 1.807) is 6.07 Å². The summed E-state index contributed by atoms with van der Waals surface area (Å²) in [5.74, 6) is -0.345. The minimum Gasteiger partial charge on any atom is -0.297 e. The molecule has 0 aliphatic carbocycles. The maximum atomic E-state index is 12.8. The zero-order valence-corrected chi connectivity index (χ0v) is 19.3. The van der Waals surface area contributed by atoms with Gasteiger partial charge in [0.1, 0.15) is 4.21 Å². The Labute approximate surface area is 184 Å². The Hall–Kier alpha value is -2.07. The van der Waals surface area contributed by atoms with Gasteiger partial charge in [-0.15, -0.1) is 22.7 Å². The van der Waals surface area contributed by atoms with Crippen LogP contribution >= 0.6 is 22.7 Å². The van der Waals surface area contributed by atoms with E-state index in [1.165, 1.54) is 21.7 Å². The molecular formula is C21H23N3O3S3. The summed E-state index contributed by atoms with van der Waals surface area (Å²) in [6, 6.07) is 9.27. The summed E-state index contributed by atoms with van der Waals surface area (Å²) < 4.78 is 27.3. The van der Waals surface area contributed by atoms with Crippen LogP contribution in [0.15, 0.2) is 39.9 Å². The predicted octanol–water partition coefficient (Wildman–Crippen LogP) is 4.92. The minimum absolute atomic E-state index is 0.213. The molecular weight excluding hydrogens is 438 g/mol. The number of thiazole rings is 1. The molecule has 0 radical (unpaired) electrons. The lowest BCUT2D eigenvalue weighted by atomic mass is 10.0. The van der Waals surface area contributed by atoms with Gasteiger partial charge in [-0.25, -0.2) is 13.4 Å². The first-order valence-electron chi connectivity index (χ1n) is 9.79. The molecule has 2 aromatic heterocycles. The fourth-order valence-electron chi connectivity index (χ4n) is 3.44. The predicted molar refractivity (Wildman–Crippen MR) is 122 cm³/mol. The van der Waals surface area contributed by atoms with E-state index in [9.17, 15) is 13.2 Å². The van der Waals surface area contributed by atoms with E-state index in [1.807, 2.05) is 19.2 Å². The number of nitrogens with one attached hydrogen (secondary N) is 1. The highest BCUT2D eigenvalue weighted by atomic mass is 32.2. The molecule has 0 saturated carbocycles. The van der Waals surface area contributed by atoms with Crippen LogP contribution in [0.1, 0.15) is 40.1 Å². The Morgan fingerprint density at radius 1 is 1.10 bits per heavy atom. The van der Waals surface area contributed by atoms with Crippen molar-refractivity contribution in [2.75, 3.05) is 18.4 Å². The van der Waals surface area contributed by atoms with Gasteiger partial charge < -0.3 is 0 Å². The number of piperidine rings is 1. The van der Waals surface area contributed by atoms with Gasteiger partial charge in [0.25, 0.3) is 15.9 Å². The first-order valence-corrected chi connectivity index (χ1v) is 12.9. The molecule has 30 heavy (non-hydrogen) atoms. The van der Waals surface area contributed by atoms with Gasteiger partial charge in [-0.2, -0.15) is 4.31 Å². The molecule has 1 aromatic carbocycles. The molecule has 0 spiro atoms. The number of anilines is 1. The third kappa shape index (κ3) is 4.34. The van der Waals surface area contributed by atoms with Crippen molar-refractivity contribution in [3.8, 4) is 11.3 Å². The van der Waals surface area contributed by atoms with Crippen LogP contribution in [0.4, 0.5) is 5.13 Å². The molecule has 0 atom stereocenters. The molecule has 0 bridgehead atoms. The average Bonchev–Trinajstić information content (AvgIpc) is 3.41. The first-order chi connectivity index (χ1) is 14.3. The molecule has 9 heteroatoms. The molecule has 158 valence electrons. The number of sulfonamides is 1. The largest absolute Gasteiger partial charge is 0.297 e. The third-order valence-corrected chi connectivity index (χ3v) is 9.32. The van der Waals surface area contributed by atoms with Crippen LogP contribution < -0.4 is 5.32 Å². The fraction of sp³-hybridized carbons (Fsp3) is 0.333. The molecule has 6 nitrogen and oxygen atoms in total. The number of carbonyl (C=O) groups is 1. The van der Waals surface area contributed by atoms with Crippen LogP contribution in [0, 0.1) is 13.8 Å². The number of nitrogens with zero attached hydrogens (tertiary/aromatic N) is 2. The topological polar surface area (TPSA) is 79.4 Å². The first kappa shape index (κ1) is 21.2. The lowest BCUT2D eigenvalue weighted by molar-refractivity contribution is 0.103. The number of carbonyl (C=O) groups excluding carboxylic acids is 1. The number of benzene rings is 1. The summed E-state index contributed by atoms with van der Waals surface area (Å²) in [4.78, 5) is 17.6. The highest BCUT2D eigenvalue weighted by Gasteiger charge is 2.28. The molecule has 1 aliphatic rings. The van der Waals surface area contributed by atoms with Crippen molar-refractivity contribution < 1.29 is 13.2 Å². The zero-order valence-electron chi connectivity index (χ0n) is 16.8. The van der Waals surface area contributed by atoms with Gasteiger partial charge in [0.2, 0.25) is 0 Å². The molecule has 1 saturated heterocycles. The van der Waals surface area contributed by atoms with Gasteiger partial charge in [0.15, 0.2) is 5.13 Å². The maximum absolute atomic E-state index is 12.8. The highest BCUT2D eigenvalue weighted by molar-refractivity contribution is 7.91. The average molecular weight is 462 g/mol. The molecule has 3 aromatic rings. The summed E-state index contributed by atoms with van der Waals surface area (Å²) in [6.45, 7) is 5.15. The van der Waals surface area contributed by atoms with Crippen LogP contribution in [-0.2, 0) is 10.0 Å². The molecule has 0 unspecified atom stereocenters. The van der Waals surface area contributed by atoms with Crippen molar-refractivity contribution in [3.05, 3.63) is 51.7 Å². The number of amides is 1. The van der Waals surface area contributed by atoms with Crippen molar-refractivity contribution in [2.45, 2.75) is 37.3 Å². The van der Waals surface area contributed by atoms with Crippen molar-refractivity contribution in [1.29, 1.82) is 0 Å². The summed E-state index contributed by atoms with van der Waals surface area (Å²) in [7, 11) is -3.53. The van der Waals surface area contributed by atoms with Crippen molar-refractivity contribution in [2.24, 2.45) is 0 Å². The summed E-state index contributed by atoms with van der Waals surface area (Å²) >= 11 is 2.36. The second-order valence-electron chi connectivity index (χ2n) is 7.39. The summed E-state index contributed by atoms with van der Waals surface area (Å²) in [5, 5.41) is 5.20. The van der Waals surface area contributed by atoms with Crippen LogP contribution in [0.2, 0.25) is 0 Å². The minimum atomic E-state index is -3.53. The van der Waals surface area contributed by atoms with Gasteiger partial charge in [-0.3, -0.25) is 10.1 Å². The SMILES string of the molecule is Cc1ccc(C)c(-c2csc(NC(=O)c3ccc(S(=O)(=O)N4CCCCC4)s3)n2)c1. The van der Waals surface area contributed by atoms with Crippen molar-refractivity contribution in [3.63, 3.8) is 0 Å². The van der Waals surface area contributed by atoms with E-state index in [4.69, 9.17) is 0 Å². The molecule has 1 fully saturated rings. The van der Waals surface area contributed by atoms with Gasteiger partial charge in [0, 0.05) is 24.0 Å².